The second-order valence-electron chi connectivity index (χ2n) is 9.29. The molecule has 0 unspecified atom stereocenters. The van der Waals surface area contributed by atoms with E-state index in [1.807, 2.05) is 12.2 Å². The zero-order chi connectivity index (χ0) is 23.8. The topological polar surface area (TPSA) is 85.4 Å². The first-order chi connectivity index (χ1) is 16.5. The number of hydrogen-bond acceptors (Lipinski definition) is 7. The van der Waals surface area contributed by atoms with Crippen LogP contribution in [0, 0.1) is 5.92 Å². The van der Waals surface area contributed by atoms with Gasteiger partial charge in [0.25, 0.3) is 0 Å². The van der Waals surface area contributed by atoms with Crippen LogP contribution in [0.1, 0.15) is 44.9 Å². The predicted octanol–water partition coefficient (Wildman–Crippen LogP) is 3.11. The molecule has 0 atom stereocenters. The van der Waals surface area contributed by atoms with Crippen LogP contribution in [-0.4, -0.2) is 75.1 Å². The summed E-state index contributed by atoms with van der Waals surface area (Å²) < 4.78 is 42.9. The summed E-state index contributed by atoms with van der Waals surface area (Å²) >= 11 is 0. The number of allylic oxidation sites excluding steroid dienone is 5. The number of likely N-dealkylation sites (tertiary alicyclic amines) is 1. The van der Waals surface area contributed by atoms with Crippen molar-refractivity contribution >= 4 is 15.8 Å². The number of nitrogens with zero attached hydrogens (tertiary/aromatic N) is 2. The molecule has 0 aromatic carbocycles. The van der Waals surface area contributed by atoms with Gasteiger partial charge in [-0.15, -0.1) is 0 Å². The Morgan fingerprint density at radius 2 is 1.85 bits per heavy atom. The molecule has 188 valence electrons. The first-order valence-corrected chi connectivity index (χ1v) is 14.0. The number of morpholine rings is 1. The van der Waals surface area contributed by atoms with Crippen molar-refractivity contribution < 1.29 is 27.4 Å². The maximum absolute atomic E-state index is 12.5. The third-order valence-electron chi connectivity index (χ3n) is 6.92. The first-order valence-electron chi connectivity index (χ1n) is 12.4. The van der Waals surface area contributed by atoms with Gasteiger partial charge in [-0.25, -0.2) is 8.42 Å². The minimum Gasteiger partial charge on any atom is -0.457 e. The van der Waals surface area contributed by atoms with E-state index in [-0.39, 0.29) is 17.3 Å². The van der Waals surface area contributed by atoms with Crippen LogP contribution < -0.4 is 0 Å². The van der Waals surface area contributed by atoms with Gasteiger partial charge < -0.3 is 19.1 Å². The van der Waals surface area contributed by atoms with Crippen molar-refractivity contribution in [3.63, 3.8) is 0 Å². The Bertz CT molecular complexity index is 938. The van der Waals surface area contributed by atoms with Gasteiger partial charge in [0.05, 0.1) is 19.0 Å². The molecule has 3 heterocycles. The van der Waals surface area contributed by atoms with E-state index in [2.05, 4.69) is 11.0 Å². The molecule has 9 heteroatoms. The number of ether oxygens (including phenoxy) is 3. The fraction of sp³-hybridized carbons (Fsp3) is 0.640. The Kier molecular flexibility index (Phi) is 8.99. The van der Waals surface area contributed by atoms with Crippen LogP contribution in [0.5, 0.6) is 0 Å². The molecule has 4 rings (SSSR count). The van der Waals surface area contributed by atoms with Crippen LogP contribution >= 0.6 is 0 Å². The number of carbonyl (C=O) groups excluding carboxylic acids is 1. The van der Waals surface area contributed by atoms with E-state index >= 15 is 0 Å². The highest BCUT2D eigenvalue weighted by molar-refractivity contribution is 7.89. The zero-order valence-corrected chi connectivity index (χ0v) is 20.6. The number of rotatable bonds is 10. The van der Waals surface area contributed by atoms with Crippen molar-refractivity contribution in [2.24, 2.45) is 5.92 Å². The molecule has 0 aromatic rings. The second kappa shape index (κ2) is 12.2. The Labute approximate surface area is 202 Å². The molecule has 0 N–H and O–H groups in total. The Balaban J connectivity index is 1.11. The van der Waals surface area contributed by atoms with Crippen LogP contribution in [-0.2, 0) is 29.0 Å². The highest BCUT2D eigenvalue weighted by atomic mass is 32.2. The average Bonchev–Trinajstić information content (AvgIpc) is 2.89. The van der Waals surface area contributed by atoms with Gasteiger partial charge in [-0.2, -0.15) is 4.31 Å². The monoisotopic (exact) mass is 492 g/mol. The van der Waals surface area contributed by atoms with Crippen molar-refractivity contribution in [2.75, 3.05) is 51.7 Å². The van der Waals surface area contributed by atoms with Crippen LogP contribution in [0.4, 0.5) is 0 Å². The highest BCUT2D eigenvalue weighted by Crippen LogP contribution is 2.27. The van der Waals surface area contributed by atoms with Gasteiger partial charge in [-0.1, -0.05) is 18.2 Å². The van der Waals surface area contributed by atoms with Gasteiger partial charge in [0.15, 0.2) is 5.76 Å². The third kappa shape index (κ3) is 7.04. The van der Waals surface area contributed by atoms with E-state index < -0.39 is 10.0 Å². The van der Waals surface area contributed by atoms with Gasteiger partial charge >= 0.3 is 0 Å². The molecule has 0 aromatic heterocycles. The fourth-order valence-electron chi connectivity index (χ4n) is 4.76. The summed E-state index contributed by atoms with van der Waals surface area (Å²) in [6.07, 6.45) is 15.0. The number of ketones is 1. The van der Waals surface area contributed by atoms with Gasteiger partial charge in [-0.05, 0) is 69.7 Å². The molecule has 2 saturated heterocycles. The van der Waals surface area contributed by atoms with Gasteiger partial charge in [0.2, 0.25) is 21.6 Å². The summed E-state index contributed by atoms with van der Waals surface area (Å²) in [7, 11) is -3.18. The van der Waals surface area contributed by atoms with Gasteiger partial charge in [0, 0.05) is 19.5 Å². The van der Waals surface area contributed by atoms with Crippen LogP contribution in [0.2, 0.25) is 0 Å². The molecule has 0 radical (unpaired) electrons. The van der Waals surface area contributed by atoms with Crippen molar-refractivity contribution in [3.05, 3.63) is 47.8 Å². The van der Waals surface area contributed by atoms with E-state index in [0.29, 0.717) is 50.8 Å². The van der Waals surface area contributed by atoms with Crippen LogP contribution in [0.25, 0.3) is 0 Å². The lowest BCUT2D eigenvalue weighted by Gasteiger charge is -2.32. The molecule has 0 spiro atoms. The van der Waals surface area contributed by atoms with Crippen molar-refractivity contribution in [3.8, 4) is 0 Å². The number of hydrogen-bond donors (Lipinski definition) is 0. The minimum atomic E-state index is -3.18. The number of piperidine rings is 1. The molecule has 1 aliphatic carbocycles. The summed E-state index contributed by atoms with van der Waals surface area (Å²) in [5.41, 5.74) is 1.08. The van der Waals surface area contributed by atoms with Crippen molar-refractivity contribution in [1.29, 1.82) is 0 Å². The zero-order valence-electron chi connectivity index (χ0n) is 19.8. The van der Waals surface area contributed by atoms with Crippen molar-refractivity contribution in [1.82, 2.24) is 9.21 Å². The Morgan fingerprint density at radius 1 is 1.06 bits per heavy atom. The van der Waals surface area contributed by atoms with E-state index in [9.17, 15) is 13.2 Å². The predicted molar refractivity (Wildman–Crippen MR) is 129 cm³/mol. The summed E-state index contributed by atoms with van der Waals surface area (Å²) in [6.45, 7) is 4.61. The summed E-state index contributed by atoms with van der Waals surface area (Å²) in [4.78, 5) is 14.9. The third-order valence-corrected chi connectivity index (χ3v) is 8.87. The normalized spacial score (nSPS) is 22.9. The summed E-state index contributed by atoms with van der Waals surface area (Å²) in [5.74, 6) is 1.62. The Hall–Kier alpha value is -1.94. The standard InChI is InChI=1S/C25H36N2O6S/c28-23(25-20-32-24(19-33-25)22-5-2-1-3-6-22)8-7-21-9-12-26(13-10-21)11-4-18-34(29,30)27-14-16-31-17-15-27/h1-2,5,19-21H,3-4,6-18H2. The molecule has 0 amide bonds. The fourth-order valence-corrected chi connectivity index (χ4v) is 6.22. The largest absolute Gasteiger partial charge is 0.457 e. The number of Topliss-reactive ketones (excluding diaryl/α,β-unsaturated/α-hetero) is 1. The molecule has 3 aliphatic heterocycles. The van der Waals surface area contributed by atoms with Gasteiger partial charge in [-0.3, -0.25) is 4.79 Å². The van der Waals surface area contributed by atoms with Gasteiger partial charge in [0.1, 0.15) is 12.5 Å². The number of sulfonamides is 1. The molecule has 34 heavy (non-hydrogen) atoms. The molecule has 2 fully saturated rings. The lowest BCUT2D eigenvalue weighted by Crippen LogP contribution is -2.42. The van der Waals surface area contributed by atoms with Crippen LogP contribution in [0.3, 0.4) is 0 Å². The lowest BCUT2D eigenvalue weighted by molar-refractivity contribution is -0.118. The Morgan fingerprint density at radius 3 is 2.53 bits per heavy atom. The van der Waals surface area contributed by atoms with Crippen molar-refractivity contribution in [2.45, 2.75) is 44.9 Å². The average molecular weight is 493 g/mol. The smallest absolute Gasteiger partial charge is 0.214 e. The molecule has 8 nitrogen and oxygen atoms in total. The lowest BCUT2D eigenvalue weighted by atomic mass is 9.91. The second-order valence-corrected chi connectivity index (χ2v) is 11.4. The van der Waals surface area contributed by atoms with E-state index in [1.54, 1.807) is 4.31 Å². The highest BCUT2D eigenvalue weighted by Gasteiger charge is 2.26. The van der Waals surface area contributed by atoms with E-state index in [4.69, 9.17) is 14.2 Å². The quantitative estimate of drug-likeness (QED) is 0.463. The van der Waals surface area contributed by atoms with E-state index in [0.717, 1.165) is 57.3 Å². The molecule has 0 bridgehead atoms. The SMILES string of the molecule is O=C(CCC1CCN(CCCS(=O)(=O)N2CCOCC2)CC1)C1=COC(C2=CC=CCC2)=CO1. The van der Waals surface area contributed by atoms with Crippen LogP contribution in [0.15, 0.2) is 47.8 Å². The van der Waals surface area contributed by atoms with E-state index in [1.165, 1.54) is 12.5 Å². The summed E-state index contributed by atoms with van der Waals surface area (Å²) in [6, 6.07) is 0. The summed E-state index contributed by atoms with van der Waals surface area (Å²) in [5, 5.41) is 0. The maximum atomic E-state index is 12.5. The number of carbonyl (C=O) groups is 1. The molecule has 4 aliphatic rings. The first kappa shape index (κ1) is 25.2. The molecular formula is C25H36N2O6S. The maximum Gasteiger partial charge on any atom is 0.214 e. The molecule has 0 saturated carbocycles. The minimum absolute atomic E-state index is 0.0245. The molecular weight excluding hydrogens is 456 g/mol.